The fraction of sp³-hybridized carbons (Fsp3) is 0.278. The van der Waals surface area contributed by atoms with Crippen LogP contribution in [-0.2, 0) is 9.84 Å². The second kappa shape index (κ2) is 5.89. The molecular formula is C18H16ClNO3S. The van der Waals surface area contributed by atoms with E-state index in [2.05, 4.69) is 0 Å². The first kappa shape index (κ1) is 17.0. The van der Waals surface area contributed by atoms with Crippen molar-refractivity contribution in [3.8, 4) is 6.07 Å². The molecule has 0 saturated heterocycles. The fourth-order valence-corrected chi connectivity index (χ4v) is 5.68. The monoisotopic (exact) mass is 361 g/mol. The molecule has 1 saturated carbocycles. The Labute approximate surface area is 146 Å². The summed E-state index contributed by atoms with van der Waals surface area (Å²) >= 11 is 5.82. The van der Waals surface area contributed by atoms with Crippen LogP contribution >= 0.6 is 11.6 Å². The summed E-state index contributed by atoms with van der Waals surface area (Å²) < 4.78 is 26.0. The first-order valence-electron chi connectivity index (χ1n) is 7.45. The first-order chi connectivity index (χ1) is 11.4. The van der Waals surface area contributed by atoms with E-state index in [0.29, 0.717) is 5.02 Å². The number of sulfone groups is 1. The van der Waals surface area contributed by atoms with Crippen LogP contribution in [0.2, 0.25) is 5.02 Å². The number of aryl methyl sites for hydroxylation is 1. The molecule has 0 bridgehead atoms. The Morgan fingerprint density at radius 1 is 1.17 bits per heavy atom. The van der Waals surface area contributed by atoms with E-state index in [4.69, 9.17) is 11.6 Å². The SMILES string of the molecule is Cc1ccc([C@@H]2[C@@H](S(=O)(=O)c3ccc(Cl)cc3)[C@]2(C#N)CO)cc1. The maximum atomic E-state index is 13.0. The van der Waals surface area contributed by atoms with Gasteiger partial charge in [-0.3, -0.25) is 0 Å². The highest BCUT2D eigenvalue weighted by molar-refractivity contribution is 7.92. The molecule has 1 fully saturated rings. The van der Waals surface area contributed by atoms with E-state index in [-0.39, 0.29) is 4.90 Å². The molecule has 1 aliphatic carbocycles. The van der Waals surface area contributed by atoms with Crippen LogP contribution in [0.3, 0.4) is 0 Å². The maximum Gasteiger partial charge on any atom is 0.183 e. The molecule has 24 heavy (non-hydrogen) atoms. The first-order valence-corrected chi connectivity index (χ1v) is 9.37. The fourth-order valence-electron chi connectivity index (χ4n) is 3.23. The third kappa shape index (κ3) is 2.51. The Bertz CT molecular complexity index is 901. The van der Waals surface area contributed by atoms with Crippen molar-refractivity contribution < 1.29 is 13.5 Å². The van der Waals surface area contributed by atoms with Gasteiger partial charge in [-0.25, -0.2) is 8.42 Å². The zero-order chi connectivity index (χ0) is 17.5. The molecule has 0 radical (unpaired) electrons. The molecule has 3 atom stereocenters. The van der Waals surface area contributed by atoms with E-state index < -0.39 is 33.0 Å². The molecule has 0 unspecified atom stereocenters. The van der Waals surface area contributed by atoms with Crippen molar-refractivity contribution in [3.63, 3.8) is 0 Å². The predicted molar refractivity (Wildman–Crippen MR) is 91.5 cm³/mol. The quantitative estimate of drug-likeness (QED) is 0.907. The van der Waals surface area contributed by atoms with E-state index in [1.54, 1.807) is 0 Å². The van der Waals surface area contributed by atoms with Gasteiger partial charge in [0, 0.05) is 10.9 Å². The van der Waals surface area contributed by atoms with Gasteiger partial charge in [0.25, 0.3) is 0 Å². The lowest BCUT2D eigenvalue weighted by molar-refractivity contribution is 0.242. The molecule has 1 aliphatic rings. The number of rotatable bonds is 4. The van der Waals surface area contributed by atoms with Gasteiger partial charge < -0.3 is 5.11 Å². The highest BCUT2D eigenvalue weighted by atomic mass is 35.5. The van der Waals surface area contributed by atoms with Crippen LogP contribution in [0, 0.1) is 23.7 Å². The minimum Gasteiger partial charge on any atom is -0.395 e. The lowest BCUT2D eigenvalue weighted by Gasteiger charge is -2.06. The van der Waals surface area contributed by atoms with Crippen LogP contribution < -0.4 is 0 Å². The zero-order valence-corrected chi connectivity index (χ0v) is 14.6. The Kier molecular flexibility index (Phi) is 4.16. The number of halogens is 1. The van der Waals surface area contributed by atoms with Crippen molar-refractivity contribution in [1.82, 2.24) is 0 Å². The third-order valence-corrected chi connectivity index (χ3v) is 7.18. The van der Waals surface area contributed by atoms with Crippen LogP contribution in [0.4, 0.5) is 0 Å². The summed E-state index contributed by atoms with van der Waals surface area (Å²) in [7, 11) is -3.76. The number of nitriles is 1. The molecule has 2 aromatic carbocycles. The molecule has 1 N–H and O–H groups in total. The van der Waals surface area contributed by atoms with Gasteiger partial charge in [0.2, 0.25) is 0 Å². The van der Waals surface area contributed by atoms with Crippen molar-refractivity contribution in [1.29, 1.82) is 5.26 Å². The highest BCUT2D eigenvalue weighted by Gasteiger charge is 2.72. The van der Waals surface area contributed by atoms with Crippen molar-refractivity contribution in [2.75, 3.05) is 6.61 Å². The molecule has 0 spiro atoms. The minimum atomic E-state index is -3.76. The lowest BCUT2D eigenvalue weighted by Crippen LogP contribution is -2.18. The van der Waals surface area contributed by atoms with E-state index in [1.165, 1.54) is 24.3 Å². The minimum absolute atomic E-state index is 0.111. The van der Waals surface area contributed by atoms with Gasteiger partial charge in [0.05, 0.1) is 22.8 Å². The Morgan fingerprint density at radius 3 is 2.25 bits per heavy atom. The molecule has 3 rings (SSSR count). The number of aliphatic hydroxyl groups is 1. The highest BCUT2D eigenvalue weighted by Crippen LogP contribution is 2.63. The lowest BCUT2D eigenvalue weighted by atomic mass is 10.0. The standard InChI is InChI=1S/C18H16ClNO3S/c1-12-2-4-13(5-3-12)16-17(18(16,10-20)11-21)24(22,23)15-8-6-14(19)7-9-15/h2-9,16-17,21H,11H2,1H3/t16-,17-,18-/m1/s1. The molecule has 0 aliphatic heterocycles. The topological polar surface area (TPSA) is 78.2 Å². The van der Waals surface area contributed by atoms with Gasteiger partial charge >= 0.3 is 0 Å². The van der Waals surface area contributed by atoms with Gasteiger partial charge in [0.1, 0.15) is 5.41 Å². The molecule has 124 valence electrons. The Hall–Kier alpha value is -1.87. The second-order valence-corrected chi connectivity index (χ2v) is 8.62. The van der Waals surface area contributed by atoms with Crippen molar-refractivity contribution in [2.45, 2.75) is 23.0 Å². The average molecular weight is 362 g/mol. The summed E-state index contributed by atoms with van der Waals surface area (Å²) in [6, 6.07) is 15.3. The number of nitrogens with zero attached hydrogens (tertiary/aromatic N) is 1. The number of benzene rings is 2. The summed E-state index contributed by atoms with van der Waals surface area (Å²) in [5.41, 5.74) is 0.482. The molecule has 4 nitrogen and oxygen atoms in total. The maximum absolute atomic E-state index is 13.0. The number of hydrogen-bond donors (Lipinski definition) is 1. The zero-order valence-electron chi connectivity index (χ0n) is 13.0. The second-order valence-electron chi connectivity index (χ2n) is 6.12. The summed E-state index contributed by atoms with van der Waals surface area (Å²) in [4.78, 5) is 0.111. The summed E-state index contributed by atoms with van der Waals surface area (Å²) in [5, 5.41) is 18.8. The van der Waals surface area contributed by atoms with Gasteiger partial charge in [0.15, 0.2) is 9.84 Å². The summed E-state index contributed by atoms with van der Waals surface area (Å²) in [5.74, 6) is -0.547. The smallest absolute Gasteiger partial charge is 0.183 e. The van der Waals surface area contributed by atoms with Crippen LogP contribution in [0.25, 0.3) is 0 Å². The van der Waals surface area contributed by atoms with Gasteiger partial charge in [-0.1, -0.05) is 41.4 Å². The van der Waals surface area contributed by atoms with Crippen LogP contribution in [0.1, 0.15) is 17.0 Å². The van der Waals surface area contributed by atoms with Crippen LogP contribution in [0.5, 0.6) is 0 Å². The van der Waals surface area contributed by atoms with Crippen molar-refractivity contribution >= 4 is 21.4 Å². The molecule has 6 heteroatoms. The molecule has 0 heterocycles. The van der Waals surface area contributed by atoms with Gasteiger partial charge in [-0.15, -0.1) is 0 Å². The van der Waals surface area contributed by atoms with Gasteiger partial charge in [-0.05, 0) is 36.8 Å². The van der Waals surface area contributed by atoms with Crippen molar-refractivity contribution in [2.24, 2.45) is 5.41 Å². The summed E-state index contributed by atoms with van der Waals surface area (Å²) in [6.45, 7) is 1.43. The molecular weight excluding hydrogens is 346 g/mol. The van der Waals surface area contributed by atoms with E-state index in [9.17, 15) is 18.8 Å². The molecule has 0 aromatic heterocycles. The van der Waals surface area contributed by atoms with E-state index in [1.807, 2.05) is 37.3 Å². The molecule has 2 aromatic rings. The van der Waals surface area contributed by atoms with Crippen LogP contribution in [-0.4, -0.2) is 25.4 Å². The normalized spacial score (nSPS) is 25.9. The number of hydrogen-bond acceptors (Lipinski definition) is 4. The van der Waals surface area contributed by atoms with Crippen molar-refractivity contribution in [3.05, 3.63) is 64.7 Å². The third-order valence-electron chi connectivity index (χ3n) is 4.64. The summed E-state index contributed by atoms with van der Waals surface area (Å²) in [6.07, 6.45) is 0. The van der Waals surface area contributed by atoms with E-state index >= 15 is 0 Å². The average Bonchev–Trinajstić information content (AvgIpc) is 3.26. The number of aliphatic hydroxyl groups excluding tert-OH is 1. The Balaban J connectivity index is 2.06. The molecule has 0 amide bonds. The van der Waals surface area contributed by atoms with Gasteiger partial charge in [-0.2, -0.15) is 5.26 Å². The largest absolute Gasteiger partial charge is 0.395 e. The van der Waals surface area contributed by atoms with Crippen LogP contribution in [0.15, 0.2) is 53.4 Å². The predicted octanol–water partition coefficient (Wildman–Crippen LogP) is 3.09. The Morgan fingerprint density at radius 2 is 1.75 bits per heavy atom. The van der Waals surface area contributed by atoms with E-state index in [0.717, 1.165) is 11.1 Å².